The third-order valence-electron chi connectivity index (χ3n) is 7.12. The van der Waals surface area contributed by atoms with Crippen molar-refractivity contribution in [3.8, 4) is 0 Å². The van der Waals surface area contributed by atoms with E-state index >= 15 is 0 Å². The Morgan fingerprint density at radius 1 is 0.667 bits per heavy atom. The Labute approximate surface area is 195 Å². The number of aryl methyl sites for hydroxylation is 1. The minimum Gasteiger partial charge on any atom is -0.343 e. The summed E-state index contributed by atoms with van der Waals surface area (Å²) in [6.45, 7) is 4.30. The highest BCUT2D eigenvalue weighted by Gasteiger charge is 2.34. The standard InChI is InChI=1S/C25H34N4O4/c30-22(9-8-20-6-2-1-3-7-20)26-14-10-21(11-15-26)23(31)28-16-18-29(19-17-28)25(33)24(32)27-12-4-5-13-27/h1-3,6-7,21H,4-5,8-19H2. The van der Waals surface area contributed by atoms with Gasteiger partial charge in [-0.15, -0.1) is 0 Å². The van der Waals surface area contributed by atoms with E-state index in [9.17, 15) is 19.2 Å². The molecular weight excluding hydrogens is 420 g/mol. The van der Waals surface area contributed by atoms with Crippen LogP contribution in [0.3, 0.4) is 0 Å². The van der Waals surface area contributed by atoms with Crippen LogP contribution < -0.4 is 0 Å². The molecule has 1 aromatic rings. The SMILES string of the molecule is O=C(CCc1ccccc1)N1CCC(C(=O)N2CCN(C(=O)C(=O)N3CCCC3)CC2)CC1. The zero-order chi connectivity index (χ0) is 23.2. The first kappa shape index (κ1) is 23.3. The molecule has 3 heterocycles. The first-order chi connectivity index (χ1) is 16.0. The molecule has 8 nitrogen and oxygen atoms in total. The number of carbonyl (C=O) groups is 4. The molecule has 4 rings (SSSR count). The van der Waals surface area contributed by atoms with Crippen molar-refractivity contribution in [3.63, 3.8) is 0 Å². The zero-order valence-corrected chi connectivity index (χ0v) is 19.3. The van der Waals surface area contributed by atoms with Gasteiger partial charge in [0.05, 0.1) is 0 Å². The van der Waals surface area contributed by atoms with Crippen LogP contribution in [0.25, 0.3) is 0 Å². The Hall–Kier alpha value is -2.90. The predicted molar refractivity (Wildman–Crippen MR) is 123 cm³/mol. The summed E-state index contributed by atoms with van der Waals surface area (Å²) >= 11 is 0. The quantitative estimate of drug-likeness (QED) is 0.640. The van der Waals surface area contributed by atoms with Gasteiger partial charge in [0.1, 0.15) is 0 Å². The number of likely N-dealkylation sites (tertiary alicyclic amines) is 2. The van der Waals surface area contributed by atoms with Crippen molar-refractivity contribution in [2.45, 2.75) is 38.5 Å². The molecule has 0 aliphatic carbocycles. The number of rotatable bonds is 4. The van der Waals surface area contributed by atoms with Gasteiger partial charge in [-0.2, -0.15) is 0 Å². The molecule has 3 saturated heterocycles. The van der Waals surface area contributed by atoms with E-state index in [0.29, 0.717) is 71.6 Å². The van der Waals surface area contributed by atoms with E-state index in [1.807, 2.05) is 40.1 Å². The van der Waals surface area contributed by atoms with Crippen molar-refractivity contribution in [2.24, 2.45) is 5.92 Å². The number of nitrogens with zero attached hydrogens (tertiary/aromatic N) is 4. The summed E-state index contributed by atoms with van der Waals surface area (Å²) in [6, 6.07) is 10.0. The highest BCUT2D eigenvalue weighted by Crippen LogP contribution is 2.22. The van der Waals surface area contributed by atoms with E-state index in [2.05, 4.69) is 0 Å². The van der Waals surface area contributed by atoms with E-state index in [1.54, 1.807) is 9.80 Å². The van der Waals surface area contributed by atoms with Gasteiger partial charge in [0.2, 0.25) is 11.8 Å². The fourth-order valence-corrected chi connectivity index (χ4v) is 5.01. The second-order valence-electron chi connectivity index (χ2n) is 9.26. The largest absolute Gasteiger partial charge is 0.343 e. The molecule has 178 valence electrons. The van der Waals surface area contributed by atoms with Crippen LogP contribution in [0.5, 0.6) is 0 Å². The van der Waals surface area contributed by atoms with E-state index < -0.39 is 11.8 Å². The fraction of sp³-hybridized carbons (Fsp3) is 0.600. The highest BCUT2D eigenvalue weighted by molar-refractivity contribution is 6.35. The Kier molecular flexibility index (Phi) is 7.62. The number of carbonyl (C=O) groups excluding carboxylic acids is 4. The molecule has 0 unspecified atom stereocenters. The van der Waals surface area contributed by atoms with Crippen LogP contribution in [0.2, 0.25) is 0 Å². The second kappa shape index (κ2) is 10.8. The second-order valence-corrected chi connectivity index (χ2v) is 9.26. The Bertz CT molecular complexity index is 852. The van der Waals surface area contributed by atoms with E-state index in [1.165, 1.54) is 0 Å². The first-order valence-electron chi connectivity index (χ1n) is 12.2. The molecule has 0 bridgehead atoms. The van der Waals surface area contributed by atoms with Crippen LogP contribution in [0.1, 0.15) is 37.7 Å². The molecule has 0 aromatic heterocycles. The Morgan fingerprint density at radius 2 is 1.21 bits per heavy atom. The summed E-state index contributed by atoms with van der Waals surface area (Å²) in [5.41, 5.74) is 1.16. The van der Waals surface area contributed by atoms with E-state index in [0.717, 1.165) is 24.8 Å². The summed E-state index contributed by atoms with van der Waals surface area (Å²) < 4.78 is 0. The maximum Gasteiger partial charge on any atom is 0.312 e. The lowest BCUT2D eigenvalue weighted by Crippen LogP contribution is -2.55. The third kappa shape index (κ3) is 5.72. The van der Waals surface area contributed by atoms with Crippen molar-refractivity contribution >= 4 is 23.6 Å². The van der Waals surface area contributed by atoms with Gasteiger partial charge in [0, 0.05) is 64.7 Å². The molecule has 0 saturated carbocycles. The van der Waals surface area contributed by atoms with Crippen molar-refractivity contribution in [3.05, 3.63) is 35.9 Å². The molecule has 0 radical (unpaired) electrons. The van der Waals surface area contributed by atoms with Crippen LogP contribution in [0.15, 0.2) is 30.3 Å². The maximum atomic E-state index is 13.0. The average molecular weight is 455 g/mol. The lowest BCUT2D eigenvalue weighted by Gasteiger charge is -2.38. The van der Waals surface area contributed by atoms with E-state index in [-0.39, 0.29) is 17.7 Å². The first-order valence-corrected chi connectivity index (χ1v) is 12.2. The van der Waals surface area contributed by atoms with Crippen molar-refractivity contribution in [2.75, 3.05) is 52.4 Å². The molecule has 0 N–H and O–H groups in total. The van der Waals surface area contributed by atoms with Gasteiger partial charge in [0.15, 0.2) is 0 Å². The number of hydrogen-bond donors (Lipinski definition) is 0. The Balaban J connectivity index is 1.18. The molecule has 4 amide bonds. The Morgan fingerprint density at radius 3 is 1.82 bits per heavy atom. The summed E-state index contributed by atoms with van der Waals surface area (Å²) in [6.07, 6.45) is 4.51. The molecule has 0 atom stereocenters. The fourth-order valence-electron chi connectivity index (χ4n) is 5.01. The van der Waals surface area contributed by atoms with Gasteiger partial charge < -0.3 is 19.6 Å². The predicted octanol–water partition coefficient (Wildman–Crippen LogP) is 1.15. The number of amides is 4. The minimum absolute atomic E-state index is 0.0725. The van der Waals surface area contributed by atoms with Crippen molar-refractivity contribution < 1.29 is 19.2 Å². The van der Waals surface area contributed by atoms with E-state index in [4.69, 9.17) is 0 Å². The summed E-state index contributed by atoms with van der Waals surface area (Å²) in [5, 5.41) is 0. The van der Waals surface area contributed by atoms with Gasteiger partial charge >= 0.3 is 11.8 Å². The molecule has 33 heavy (non-hydrogen) atoms. The van der Waals surface area contributed by atoms with Gasteiger partial charge in [-0.05, 0) is 37.7 Å². The maximum absolute atomic E-state index is 13.0. The number of piperazine rings is 1. The summed E-state index contributed by atoms with van der Waals surface area (Å²) in [4.78, 5) is 57.3. The summed E-state index contributed by atoms with van der Waals surface area (Å²) in [5.74, 6) is -0.650. The normalized spacial score (nSPS) is 19.6. The van der Waals surface area contributed by atoms with Gasteiger partial charge in [0.25, 0.3) is 0 Å². The average Bonchev–Trinajstić information content (AvgIpc) is 3.42. The van der Waals surface area contributed by atoms with Crippen LogP contribution in [-0.4, -0.2) is 95.6 Å². The monoisotopic (exact) mass is 454 g/mol. The van der Waals surface area contributed by atoms with Crippen LogP contribution in [-0.2, 0) is 25.6 Å². The van der Waals surface area contributed by atoms with Crippen molar-refractivity contribution in [1.29, 1.82) is 0 Å². The van der Waals surface area contributed by atoms with Crippen LogP contribution in [0.4, 0.5) is 0 Å². The zero-order valence-electron chi connectivity index (χ0n) is 19.3. The van der Waals surface area contributed by atoms with Crippen LogP contribution >= 0.6 is 0 Å². The molecule has 3 aliphatic heterocycles. The highest BCUT2D eigenvalue weighted by atomic mass is 16.2. The minimum atomic E-state index is -0.439. The topological polar surface area (TPSA) is 81.2 Å². The molecular formula is C25H34N4O4. The van der Waals surface area contributed by atoms with Gasteiger partial charge in [-0.1, -0.05) is 30.3 Å². The molecule has 8 heteroatoms. The lowest BCUT2D eigenvalue weighted by atomic mass is 9.94. The third-order valence-corrected chi connectivity index (χ3v) is 7.12. The molecule has 3 fully saturated rings. The van der Waals surface area contributed by atoms with Gasteiger partial charge in [-0.25, -0.2) is 0 Å². The molecule has 0 spiro atoms. The van der Waals surface area contributed by atoms with Crippen LogP contribution in [0, 0.1) is 5.92 Å². The smallest absolute Gasteiger partial charge is 0.312 e. The number of hydrogen-bond acceptors (Lipinski definition) is 4. The molecule has 3 aliphatic rings. The number of piperidine rings is 1. The molecule has 1 aromatic carbocycles. The lowest BCUT2D eigenvalue weighted by molar-refractivity contribution is -0.153. The summed E-state index contributed by atoms with van der Waals surface area (Å²) in [7, 11) is 0. The number of benzene rings is 1. The van der Waals surface area contributed by atoms with Gasteiger partial charge in [-0.3, -0.25) is 19.2 Å². The van der Waals surface area contributed by atoms with Crippen molar-refractivity contribution in [1.82, 2.24) is 19.6 Å².